The lowest BCUT2D eigenvalue weighted by atomic mass is 10.00. The SMILES string of the molecule is CC[C@H]1CCCCN1C(=O)CN(C)CCO. The van der Waals surface area contributed by atoms with E-state index in [0.717, 1.165) is 25.8 Å². The molecule has 1 fully saturated rings. The zero-order chi connectivity index (χ0) is 12.0. The van der Waals surface area contributed by atoms with Gasteiger partial charge in [0.15, 0.2) is 0 Å². The normalized spacial score (nSPS) is 21.5. The minimum Gasteiger partial charge on any atom is -0.395 e. The van der Waals surface area contributed by atoms with E-state index < -0.39 is 0 Å². The van der Waals surface area contributed by atoms with Gasteiger partial charge in [-0.05, 0) is 32.7 Å². The maximum Gasteiger partial charge on any atom is 0.236 e. The molecule has 1 saturated heterocycles. The van der Waals surface area contributed by atoms with Crippen LogP contribution in [0.15, 0.2) is 0 Å². The van der Waals surface area contributed by atoms with Crippen molar-refractivity contribution >= 4 is 5.91 Å². The fourth-order valence-corrected chi connectivity index (χ4v) is 2.32. The first-order valence-corrected chi connectivity index (χ1v) is 6.28. The minimum atomic E-state index is 0.112. The number of aliphatic hydroxyl groups is 1. The Labute approximate surface area is 98.2 Å². The summed E-state index contributed by atoms with van der Waals surface area (Å²) in [5.41, 5.74) is 0. The monoisotopic (exact) mass is 228 g/mol. The number of carbonyl (C=O) groups is 1. The number of piperidine rings is 1. The van der Waals surface area contributed by atoms with Crippen LogP contribution in [0.5, 0.6) is 0 Å². The highest BCUT2D eigenvalue weighted by atomic mass is 16.3. The van der Waals surface area contributed by atoms with Crippen molar-refractivity contribution in [2.75, 3.05) is 33.3 Å². The first kappa shape index (κ1) is 13.5. The Morgan fingerprint density at radius 3 is 2.88 bits per heavy atom. The van der Waals surface area contributed by atoms with Gasteiger partial charge in [-0.3, -0.25) is 9.69 Å². The van der Waals surface area contributed by atoms with Crippen molar-refractivity contribution < 1.29 is 9.90 Å². The largest absolute Gasteiger partial charge is 0.395 e. The molecule has 0 radical (unpaired) electrons. The summed E-state index contributed by atoms with van der Waals surface area (Å²) < 4.78 is 0. The molecule has 0 spiro atoms. The van der Waals surface area contributed by atoms with Crippen LogP contribution in [0.1, 0.15) is 32.6 Å². The highest BCUT2D eigenvalue weighted by Crippen LogP contribution is 2.19. The molecule has 4 heteroatoms. The second-order valence-corrected chi connectivity index (χ2v) is 4.61. The quantitative estimate of drug-likeness (QED) is 0.753. The van der Waals surface area contributed by atoms with Crippen LogP contribution in [0.4, 0.5) is 0 Å². The van der Waals surface area contributed by atoms with E-state index in [9.17, 15) is 4.79 Å². The number of aliphatic hydroxyl groups excluding tert-OH is 1. The lowest BCUT2D eigenvalue weighted by Crippen LogP contribution is -2.47. The molecule has 1 N–H and O–H groups in total. The number of likely N-dealkylation sites (tertiary alicyclic amines) is 1. The molecule has 1 atom stereocenters. The number of rotatable bonds is 5. The van der Waals surface area contributed by atoms with Gasteiger partial charge >= 0.3 is 0 Å². The van der Waals surface area contributed by atoms with Crippen molar-refractivity contribution in [1.82, 2.24) is 9.80 Å². The molecule has 1 aliphatic rings. The Morgan fingerprint density at radius 1 is 1.50 bits per heavy atom. The summed E-state index contributed by atoms with van der Waals surface area (Å²) in [6, 6.07) is 0.434. The van der Waals surface area contributed by atoms with Gasteiger partial charge in [0.05, 0.1) is 13.2 Å². The second kappa shape index (κ2) is 6.86. The summed E-state index contributed by atoms with van der Waals surface area (Å²) in [5, 5.41) is 8.79. The van der Waals surface area contributed by atoms with Crippen molar-refractivity contribution in [3.8, 4) is 0 Å². The minimum absolute atomic E-state index is 0.112. The maximum absolute atomic E-state index is 12.1. The van der Waals surface area contributed by atoms with Gasteiger partial charge in [-0.15, -0.1) is 0 Å². The van der Waals surface area contributed by atoms with Gasteiger partial charge in [-0.2, -0.15) is 0 Å². The van der Waals surface area contributed by atoms with Gasteiger partial charge in [0, 0.05) is 19.1 Å². The number of carbonyl (C=O) groups excluding carboxylic acids is 1. The third kappa shape index (κ3) is 3.76. The van der Waals surface area contributed by atoms with Crippen molar-refractivity contribution in [1.29, 1.82) is 0 Å². The molecule has 0 bridgehead atoms. The van der Waals surface area contributed by atoms with Gasteiger partial charge in [0.25, 0.3) is 0 Å². The Balaban J connectivity index is 2.44. The molecule has 0 aromatic heterocycles. The van der Waals surface area contributed by atoms with Crippen molar-refractivity contribution in [2.45, 2.75) is 38.6 Å². The molecule has 1 rings (SSSR count). The number of amides is 1. The molecule has 16 heavy (non-hydrogen) atoms. The molecule has 1 heterocycles. The summed E-state index contributed by atoms with van der Waals surface area (Å²) in [7, 11) is 1.87. The van der Waals surface area contributed by atoms with Crippen LogP contribution in [0.25, 0.3) is 0 Å². The van der Waals surface area contributed by atoms with Gasteiger partial charge < -0.3 is 10.0 Å². The van der Waals surface area contributed by atoms with Crippen molar-refractivity contribution in [3.05, 3.63) is 0 Å². The highest BCUT2D eigenvalue weighted by molar-refractivity contribution is 5.78. The standard InChI is InChI=1S/C12H24N2O2/c1-3-11-6-4-5-7-14(11)12(16)10-13(2)8-9-15/h11,15H,3-10H2,1-2H3/t11-/m0/s1. The third-order valence-electron chi connectivity index (χ3n) is 3.31. The molecule has 0 aromatic rings. The van der Waals surface area contributed by atoms with Crippen LogP contribution in [-0.2, 0) is 4.79 Å². The van der Waals surface area contributed by atoms with Crippen LogP contribution in [-0.4, -0.2) is 60.1 Å². The first-order chi connectivity index (χ1) is 7.69. The van der Waals surface area contributed by atoms with E-state index >= 15 is 0 Å². The Kier molecular flexibility index (Phi) is 5.77. The van der Waals surface area contributed by atoms with Crippen molar-refractivity contribution in [2.24, 2.45) is 0 Å². The van der Waals surface area contributed by atoms with Crippen LogP contribution >= 0.6 is 0 Å². The Bertz CT molecular complexity index is 221. The Hall–Kier alpha value is -0.610. The topological polar surface area (TPSA) is 43.8 Å². The lowest BCUT2D eigenvalue weighted by molar-refractivity contribution is -0.135. The van der Waals surface area contributed by atoms with Gasteiger partial charge in [-0.1, -0.05) is 6.92 Å². The zero-order valence-electron chi connectivity index (χ0n) is 10.5. The summed E-state index contributed by atoms with van der Waals surface area (Å²) in [4.78, 5) is 16.0. The van der Waals surface area contributed by atoms with E-state index in [0.29, 0.717) is 19.1 Å². The predicted molar refractivity (Wildman–Crippen MR) is 64.2 cm³/mol. The lowest BCUT2D eigenvalue weighted by Gasteiger charge is -2.36. The molecule has 94 valence electrons. The molecule has 0 aliphatic carbocycles. The predicted octanol–water partition coefficient (Wildman–Crippen LogP) is 0.702. The van der Waals surface area contributed by atoms with E-state index in [1.807, 2.05) is 16.8 Å². The zero-order valence-corrected chi connectivity index (χ0v) is 10.5. The molecular formula is C12H24N2O2. The van der Waals surface area contributed by atoms with Gasteiger partial charge in [0.2, 0.25) is 5.91 Å². The summed E-state index contributed by atoms with van der Waals surface area (Å²) >= 11 is 0. The Morgan fingerprint density at radius 2 is 2.25 bits per heavy atom. The second-order valence-electron chi connectivity index (χ2n) is 4.61. The van der Waals surface area contributed by atoms with E-state index in [1.165, 1.54) is 6.42 Å². The average molecular weight is 228 g/mol. The molecule has 1 aliphatic heterocycles. The number of hydrogen-bond acceptors (Lipinski definition) is 3. The highest BCUT2D eigenvalue weighted by Gasteiger charge is 2.25. The van der Waals surface area contributed by atoms with Crippen LogP contribution in [0.3, 0.4) is 0 Å². The molecule has 1 amide bonds. The fraction of sp³-hybridized carbons (Fsp3) is 0.917. The smallest absolute Gasteiger partial charge is 0.236 e. The van der Waals surface area contributed by atoms with E-state index in [2.05, 4.69) is 6.92 Å². The average Bonchev–Trinajstić information content (AvgIpc) is 2.29. The molecule has 0 unspecified atom stereocenters. The molecule has 0 aromatic carbocycles. The fourth-order valence-electron chi connectivity index (χ4n) is 2.32. The summed E-state index contributed by atoms with van der Waals surface area (Å²) in [5.74, 6) is 0.211. The summed E-state index contributed by atoms with van der Waals surface area (Å²) in [6.07, 6.45) is 4.57. The van der Waals surface area contributed by atoms with E-state index in [1.54, 1.807) is 0 Å². The van der Waals surface area contributed by atoms with Gasteiger partial charge in [-0.25, -0.2) is 0 Å². The maximum atomic E-state index is 12.1. The molecule has 4 nitrogen and oxygen atoms in total. The number of hydrogen-bond donors (Lipinski definition) is 1. The number of likely N-dealkylation sites (N-methyl/N-ethyl adjacent to an activating group) is 1. The van der Waals surface area contributed by atoms with Crippen LogP contribution in [0.2, 0.25) is 0 Å². The van der Waals surface area contributed by atoms with E-state index in [4.69, 9.17) is 5.11 Å². The first-order valence-electron chi connectivity index (χ1n) is 6.28. The molecular weight excluding hydrogens is 204 g/mol. The van der Waals surface area contributed by atoms with E-state index in [-0.39, 0.29) is 12.5 Å². The third-order valence-corrected chi connectivity index (χ3v) is 3.31. The van der Waals surface area contributed by atoms with Crippen LogP contribution in [0, 0.1) is 0 Å². The molecule has 0 saturated carbocycles. The van der Waals surface area contributed by atoms with Crippen molar-refractivity contribution in [3.63, 3.8) is 0 Å². The summed E-state index contributed by atoms with van der Waals surface area (Å²) in [6.45, 7) is 4.16. The number of nitrogens with zero attached hydrogens (tertiary/aromatic N) is 2. The van der Waals surface area contributed by atoms with Gasteiger partial charge in [0.1, 0.15) is 0 Å². The van der Waals surface area contributed by atoms with Crippen LogP contribution < -0.4 is 0 Å².